The number of aromatic nitrogens is 2. The summed E-state index contributed by atoms with van der Waals surface area (Å²) in [5.41, 5.74) is 2.20. The zero-order valence-electron chi connectivity index (χ0n) is 15.7. The van der Waals surface area contributed by atoms with Crippen LogP contribution in [0.25, 0.3) is 10.9 Å². The third kappa shape index (κ3) is 4.45. The fourth-order valence-electron chi connectivity index (χ4n) is 2.89. The van der Waals surface area contributed by atoms with E-state index in [0.717, 1.165) is 43.5 Å². The molecule has 3 aromatic rings. The average molecular weight is 353 g/mol. The van der Waals surface area contributed by atoms with E-state index in [2.05, 4.69) is 68.6 Å². The first-order chi connectivity index (χ1) is 12.7. The smallest absolute Gasteiger partial charge is 0.216 e. The minimum Gasteiger partial charge on any atom is -0.444 e. The van der Waals surface area contributed by atoms with E-state index < -0.39 is 0 Å². The first-order valence-electron chi connectivity index (χ1n) is 9.16. The molecule has 3 rings (SSSR count). The molecular weight excluding hydrogens is 326 g/mol. The number of benzene rings is 1. The Morgan fingerprint density at radius 2 is 2.04 bits per heavy atom. The molecular formula is C20H27N5O. The molecule has 0 fully saturated rings. The van der Waals surface area contributed by atoms with Crippen molar-refractivity contribution in [1.82, 2.24) is 20.2 Å². The monoisotopic (exact) mass is 353 g/mol. The van der Waals surface area contributed by atoms with Gasteiger partial charge in [-0.05, 0) is 44.7 Å². The molecule has 0 saturated heterocycles. The van der Waals surface area contributed by atoms with Crippen LogP contribution < -0.4 is 10.6 Å². The second-order valence-electron chi connectivity index (χ2n) is 6.29. The minimum atomic E-state index is 0.437. The Bertz CT molecular complexity index is 858. The lowest BCUT2D eigenvalue weighted by molar-refractivity contribution is 0.472. The number of hydrogen-bond acceptors (Lipinski definition) is 3. The van der Waals surface area contributed by atoms with Crippen LogP contribution in [0.15, 0.2) is 45.9 Å². The van der Waals surface area contributed by atoms with Crippen molar-refractivity contribution in [3.05, 3.63) is 53.9 Å². The highest BCUT2D eigenvalue weighted by molar-refractivity contribution is 5.80. The summed E-state index contributed by atoms with van der Waals surface area (Å²) >= 11 is 0. The van der Waals surface area contributed by atoms with Crippen molar-refractivity contribution in [3.8, 4) is 0 Å². The molecule has 0 radical (unpaired) electrons. The van der Waals surface area contributed by atoms with E-state index in [4.69, 9.17) is 4.42 Å². The van der Waals surface area contributed by atoms with Crippen LogP contribution in [0.1, 0.15) is 30.7 Å². The van der Waals surface area contributed by atoms with Crippen LogP contribution >= 0.6 is 0 Å². The van der Waals surface area contributed by atoms with E-state index in [1.807, 2.05) is 13.8 Å². The summed E-state index contributed by atoms with van der Waals surface area (Å²) in [6.45, 7) is 9.00. The molecule has 138 valence electrons. The number of aryl methyl sites for hydroxylation is 3. The molecule has 0 bridgehead atoms. The predicted molar refractivity (Wildman–Crippen MR) is 105 cm³/mol. The van der Waals surface area contributed by atoms with Crippen LogP contribution in [-0.2, 0) is 13.1 Å². The lowest BCUT2D eigenvalue weighted by Crippen LogP contribution is -2.38. The zero-order chi connectivity index (χ0) is 18.4. The third-order valence-electron chi connectivity index (χ3n) is 4.34. The first kappa shape index (κ1) is 18.0. The fraction of sp³-hybridized carbons (Fsp3) is 0.400. The number of rotatable bonds is 7. The third-order valence-corrected chi connectivity index (χ3v) is 4.34. The summed E-state index contributed by atoms with van der Waals surface area (Å²) in [7, 11) is 0. The van der Waals surface area contributed by atoms with Crippen LogP contribution in [0.5, 0.6) is 0 Å². The maximum atomic E-state index is 5.58. The van der Waals surface area contributed by atoms with Crippen molar-refractivity contribution < 1.29 is 4.42 Å². The van der Waals surface area contributed by atoms with Crippen molar-refractivity contribution in [2.24, 2.45) is 4.99 Å². The van der Waals surface area contributed by atoms with Crippen molar-refractivity contribution >= 4 is 16.9 Å². The van der Waals surface area contributed by atoms with Crippen molar-refractivity contribution in [2.45, 2.75) is 40.3 Å². The molecule has 6 heteroatoms. The Hall–Kier alpha value is -2.76. The summed E-state index contributed by atoms with van der Waals surface area (Å²) in [5.74, 6) is 2.29. The molecule has 26 heavy (non-hydrogen) atoms. The fourth-order valence-corrected chi connectivity index (χ4v) is 2.89. The lowest BCUT2D eigenvalue weighted by atomic mass is 10.2. The highest BCUT2D eigenvalue weighted by Gasteiger charge is 2.05. The van der Waals surface area contributed by atoms with Gasteiger partial charge in [0.2, 0.25) is 5.89 Å². The van der Waals surface area contributed by atoms with Gasteiger partial charge in [-0.3, -0.25) is 0 Å². The number of hydrogen-bond donors (Lipinski definition) is 2. The molecule has 0 aliphatic rings. The normalized spacial score (nSPS) is 11.9. The van der Waals surface area contributed by atoms with Crippen LogP contribution in [0.3, 0.4) is 0 Å². The topological polar surface area (TPSA) is 67.4 Å². The van der Waals surface area contributed by atoms with Crippen LogP contribution in [0.4, 0.5) is 0 Å². The molecule has 2 heterocycles. The van der Waals surface area contributed by atoms with Crippen LogP contribution in [0.2, 0.25) is 0 Å². The van der Waals surface area contributed by atoms with Gasteiger partial charge in [0.05, 0.1) is 5.69 Å². The number of nitrogens with one attached hydrogen (secondary N) is 2. The van der Waals surface area contributed by atoms with Crippen molar-refractivity contribution in [2.75, 3.05) is 13.1 Å². The van der Waals surface area contributed by atoms with Gasteiger partial charge in [-0.1, -0.05) is 18.2 Å². The number of guanidine groups is 1. The van der Waals surface area contributed by atoms with Gasteiger partial charge in [-0.2, -0.15) is 0 Å². The molecule has 2 N–H and O–H groups in total. The highest BCUT2D eigenvalue weighted by Crippen LogP contribution is 2.15. The molecule has 0 atom stereocenters. The Balaban J connectivity index is 1.51. The van der Waals surface area contributed by atoms with E-state index in [1.54, 1.807) is 0 Å². The van der Waals surface area contributed by atoms with Gasteiger partial charge in [-0.15, -0.1) is 0 Å². The van der Waals surface area contributed by atoms with Crippen molar-refractivity contribution in [3.63, 3.8) is 0 Å². The van der Waals surface area contributed by atoms with Crippen LogP contribution in [0, 0.1) is 13.8 Å². The average Bonchev–Trinajstić information content (AvgIpc) is 3.20. The summed E-state index contributed by atoms with van der Waals surface area (Å²) in [4.78, 5) is 8.92. The summed E-state index contributed by atoms with van der Waals surface area (Å²) in [6.07, 6.45) is 3.16. The predicted octanol–water partition coefficient (Wildman–Crippen LogP) is 3.39. The molecule has 2 aromatic heterocycles. The highest BCUT2D eigenvalue weighted by atomic mass is 16.4. The number of para-hydroxylation sites is 1. The standard InChI is InChI=1S/C20H27N5O/c1-4-21-20(23-14-19-24-15(2)16(3)26-19)22-11-7-12-25-13-10-17-8-5-6-9-18(17)25/h5-6,8-10,13H,4,7,11-12,14H2,1-3H3,(H2,21,22,23). The van der Waals surface area contributed by atoms with Crippen LogP contribution in [-0.4, -0.2) is 28.6 Å². The van der Waals surface area contributed by atoms with E-state index in [-0.39, 0.29) is 0 Å². The summed E-state index contributed by atoms with van der Waals surface area (Å²) in [5, 5.41) is 7.92. The Labute approximate surface area is 154 Å². The summed E-state index contributed by atoms with van der Waals surface area (Å²) < 4.78 is 7.87. The molecule has 0 spiro atoms. The molecule has 0 aliphatic heterocycles. The minimum absolute atomic E-state index is 0.437. The molecule has 0 saturated carbocycles. The zero-order valence-corrected chi connectivity index (χ0v) is 15.7. The number of oxazole rings is 1. The Morgan fingerprint density at radius 1 is 1.19 bits per heavy atom. The lowest BCUT2D eigenvalue weighted by Gasteiger charge is -2.11. The molecule has 0 unspecified atom stereocenters. The number of fused-ring (bicyclic) bond motifs is 1. The maximum absolute atomic E-state index is 5.58. The van der Waals surface area contributed by atoms with Gasteiger partial charge >= 0.3 is 0 Å². The molecule has 0 amide bonds. The van der Waals surface area contributed by atoms with Gasteiger partial charge < -0.3 is 19.6 Å². The number of aliphatic imine (C=N–C) groups is 1. The largest absolute Gasteiger partial charge is 0.444 e. The van der Waals surface area contributed by atoms with E-state index in [9.17, 15) is 0 Å². The van der Waals surface area contributed by atoms with E-state index in [0.29, 0.717) is 12.4 Å². The van der Waals surface area contributed by atoms with E-state index in [1.165, 1.54) is 10.9 Å². The SMILES string of the molecule is CCNC(=NCc1nc(C)c(C)o1)NCCCn1ccc2ccccc21. The first-order valence-corrected chi connectivity index (χ1v) is 9.16. The van der Waals surface area contributed by atoms with Gasteiger partial charge in [0, 0.05) is 31.3 Å². The molecule has 1 aromatic carbocycles. The van der Waals surface area contributed by atoms with Gasteiger partial charge in [0.15, 0.2) is 5.96 Å². The van der Waals surface area contributed by atoms with Gasteiger partial charge in [-0.25, -0.2) is 9.98 Å². The van der Waals surface area contributed by atoms with Crippen molar-refractivity contribution in [1.29, 1.82) is 0 Å². The quantitative estimate of drug-likeness (QED) is 0.388. The van der Waals surface area contributed by atoms with Gasteiger partial charge in [0.25, 0.3) is 0 Å². The van der Waals surface area contributed by atoms with E-state index >= 15 is 0 Å². The molecule has 6 nitrogen and oxygen atoms in total. The second kappa shape index (κ2) is 8.56. The second-order valence-corrected chi connectivity index (χ2v) is 6.29. The maximum Gasteiger partial charge on any atom is 0.216 e. The number of nitrogens with zero attached hydrogens (tertiary/aromatic N) is 3. The Kier molecular flexibility index (Phi) is 5.94. The summed E-state index contributed by atoms with van der Waals surface area (Å²) in [6, 6.07) is 10.6. The Morgan fingerprint density at radius 3 is 2.81 bits per heavy atom. The molecule has 0 aliphatic carbocycles. The van der Waals surface area contributed by atoms with Gasteiger partial charge in [0.1, 0.15) is 12.3 Å².